The smallest absolute Gasteiger partial charge is 0.271 e. The van der Waals surface area contributed by atoms with Crippen molar-refractivity contribution < 1.29 is 9.18 Å². The fourth-order valence-corrected chi connectivity index (χ4v) is 1.55. The highest BCUT2D eigenvalue weighted by Gasteiger charge is 2.09. The van der Waals surface area contributed by atoms with Crippen LogP contribution in [0.1, 0.15) is 24.3 Å². The van der Waals surface area contributed by atoms with Gasteiger partial charge in [0.05, 0.1) is 18.1 Å². The number of anilines is 2. The third-order valence-electron chi connectivity index (χ3n) is 2.44. The van der Waals surface area contributed by atoms with Crippen molar-refractivity contribution in [2.75, 3.05) is 5.32 Å². The number of halogens is 1. The molecule has 0 aliphatic heterocycles. The Hall–Kier alpha value is -2.50. The topological polar surface area (TPSA) is 66.9 Å². The van der Waals surface area contributed by atoms with Crippen molar-refractivity contribution in [2.45, 2.75) is 19.9 Å². The largest absolute Gasteiger partial charge is 0.348 e. The van der Waals surface area contributed by atoms with Crippen LogP contribution in [-0.4, -0.2) is 21.9 Å². The van der Waals surface area contributed by atoms with Gasteiger partial charge in [-0.25, -0.2) is 14.4 Å². The Kier molecular flexibility index (Phi) is 4.24. The van der Waals surface area contributed by atoms with Crippen molar-refractivity contribution in [2.24, 2.45) is 0 Å². The molecular formula is C14H15FN4O. The first kappa shape index (κ1) is 13.9. The molecule has 104 valence electrons. The monoisotopic (exact) mass is 274 g/mol. The van der Waals surface area contributed by atoms with Crippen LogP contribution in [-0.2, 0) is 0 Å². The number of hydrogen-bond donors (Lipinski definition) is 2. The Bertz CT molecular complexity index is 598. The summed E-state index contributed by atoms with van der Waals surface area (Å²) in [4.78, 5) is 19.7. The highest BCUT2D eigenvalue weighted by atomic mass is 19.1. The van der Waals surface area contributed by atoms with E-state index in [1.54, 1.807) is 18.2 Å². The average Bonchev–Trinajstić information content (AvgIpc) is 2.41. The van der Waals surface area contributed by atoms with E-state index in [1.807, 2.05) is 13.8 Å². The Morgan fingerprint density at radius 3 is 2.55 bits per heavy atom. The summed E-state index contributed by atoms with van der Waals surface area (Å²) < 4.78 is 13.5. The minimum Gasteiger partial charge on any atom is -0.348 e. The van der Waals surface area contributed by atoms with Crippen molar-refractivity contribution in [3.05, 3.63) is 48.2 Å². The highest BCUT2D eigenvalue weighted by molar-refractivity contribution is 5.92. The standard InChI is InChI=1S/C14H15FN4O/c1-9(2)18-14(20)12-7-17-13(8-16-12)19-11-6-4-3-5-10(11)15/h3-9H,1-2H3,(H,17,19)(H,18,20). The molecule has 1 aromatic heterocycles. The first-order valence-electron chi connectivity index (χ1n) is 6.20. The molecule has 2 rings (SSSR count). The lowest BCUT2D eigenvalue weighted by molar-refractivity contribution is 0.0937. The maximum atomic E-state index is 13.5. The molecule has 0 aliphatic rings. The Balaban J connectivity index is 2.09. The van der Waals surface area contributed by atoms with Gasteiger partial charge in [-0.3, -0.25) is 4.79 Å². The second-order valence-corrected chi connectivity index (χ2v) is 4.52. The van der Waals surface area contributed by atoms with Crippen molar-refractivity contribution in [1.29, 1.82) is 0 Å². The van der Waals surface area contributed by atoms with E-state index in [0.29, 0.717) is 11.5 Å². The second-order valence-electron chi connectivity index (χ2n) is 4.52. The molecule has 6 heteroatoms. The van der Waals surface area contributed by atoms with Crippen molar-refractivity contribution >= 4 is 17.4 Å². The molecule has 2 N–H and O–H groups in total. The van der Waals surface area contributed by atoms with E-state index in [0.717, 1.165) is 0 Å². The molecule has 5 nitrogen and oxygen atoms in total. The summed E-state index contributed by atoms with van der Waals surface area (Å²) in [6.07, 6.45) is 2.74. The highest BCUT2D eigenvalue weighted by Crippen LogP contribution is 2.17. The van der Waals surface area contributed by atoms with Crippen molar-refractivity contribution in [3.8, 4) is 0 Å². The number of amides is 1. The number of carbonyl (C=O) groups is 1. The minimum absolute atomic E-state index is 0.0283. The molecule has 1 amide bonds. The van der Waals surface area contributed by atoms with Crippen LogP contribution < -0.4 is 10.6 Å². The van der Waals surface area contributed by atoms with Crippen LogP contribution in [0.3, 0.4) is 0 Å². The van der Waals surface area contributed by atoms with Crippen LogP contribution in [0.4, 0.5) is 15.9 Å². The molecular weight excluding hydrogens is 259 g/mol. The zero-order valence-electron chi connectivity index (χ0n) is 11.2. The summed E-state index contributed by atoms with van der Waals surface area (Å²) in [5.74, 6) is -0.294. The lowest BCUT2D eigenvalue weighted by atomic mass is 10.3. The molecule has 0 unspecified atom stereocenters. The Morgan fingerprint density at radius 1 is 1.20 bits per heavy atom. The zero-order valence-corrected chi connectivity index (χ0v) is 11.2. The van der Waals surface area contributed by atoms with Crippen LogP contribution in [0.5, 0.6) is 0 Å². The molecule has 0 spiro atoms. The zero-order chi connectivity index (χ0) is 14.5. The maximum absolute atomic E-state index is 13.5. The molecule has 0 atom stereocenters. The quantitative estimate of drug-likeness (QED) is 0.899. The normalized spacial score (nSPS) is 10.4. The van der Waals surface area contributed by atoms with Gasteiger partial charge in [0, 0.05) is 6.04 Å². The number of nitrogens with zero attached hydrogens (tertiary/aromatic N) is 2. The number of hydrogen-bond acceptors (Lipinski definition) is 4. The van der Waals surface area contributed by atoms with E-state index in [9.17, 15) is 9.18 Å². The van der Waals surface area contributed by atoms with Gasteiger partial charge in [-0.15, -0.1) is 0 Å². The van der Waals surface area contributed by atoms with Crippen LogP contribution in [0.25, 0.3) is 0 Å². The van der Waals surface area contributed by atoms with Gasteiger partial charge in [0.25, 0.3) is 5.91 Å². The summed E-state index contributed by atoms with van der Waals surface area (Å²) in [5.41, 5.74) is 0.527. The molecule has 20 heavy (non-hydrogen) atoms. The molecule has 0 aliphatic carbocycles. The Morgan fingerprint density at radius 2 is 1.95 bits per heavy atom. The van der Waals surface area contributed by atoms with Gasteiger partial charge in [0.15, 0.2) is 0 Å². The number of benzene rings is 1. The summed E-state index contributed by atoms with van der Waals surface area (Å²) in [6, 6.07) is 6.28. The molecule has 0 saturated heterocycles. The lowest BCUT2D eigenvalue weighted by Crippen LogP contribution is -2.30. The van der Waals surface area contributed by atoms with E-state index < -0.39 is 0 Å². The number of rotatable bonds is 4. The summed E-state index contributed by atoms with van der Waals surface area (Å²) in [5, 5.41) is 5.51. The van der Waals surface area contributed by atoms with Crippen LogP contribution >= 0.6 is 0 Å². The van der Waals surface area contributed by atoms with Gasteiger partial charge < -0.3 is 10.6 Å². The van der Waals surface area contributed by atoms with Crippen LogP contribution in [0.15, 0.2) is 36.7 Å². The van der Waals surface area contributed by atoms with Gasteiger partial charge in [0.1, 0.15) is 17.3 Å². The minimum atomic E-state index is -0.379. The lowest BCUT2D eigenvalue weighted by Gasteiger charge is -2.08. The summed E-state index contributed by atoms with van der Waals surface area (Å²) >= 11 is 0. The van der Waals surface area contributed by atoms with Gasteiger partial charge in [-0.2, -0.15) is 0 Å². The van der Waals surface area contributed by atoms with Gasteiger partial charge >= 0.3 is 0 Å². The number of carbonyl (C=O) groups excluding carboxylic acids is 1. The predicted molar refractivity (Wildman–Crippen MR) is 74.3 cm³/mol. The van der Waals surface area contributed by atoms with Gasteiger partial charge in [-0.05, 0) is 26.0 Å². The van der Waals surface area contributed by atoms with E-state index in [-0.39, 0.29) is 23.5 Å². The third-order valence-corrected chi connectivity index (χ3v) is 2.44. The van der Waals surface area contributed by atoms with Crippen LogP contribution in [0, 0.1) is 5.82 Å². The molecule has 1 heterocycles. The molecule has 0 radical (unpaired) electrons. The SMILES string of the molecule is CC(C)NC(=O)c1cnc(Nc2ccccc2F)cn1. The predicted octanol–water partition coefficient (Wildman–Crippen LogP) is 2.50. The number of aromatic nitrogens is 2. The summed E-state index contributed by atoms with van der Waals surface area (Å²) in [6.45, 7) is 3.72. The fourth-order valence-electron chi connectivity index (χ4n) is 1.55. The first-order chi connectivity index (χ1) is 9.56. The molecule has 0 saturated carbocycles. The molecule has 1 aromatic carbocycles. The average molecular weight is 274 g/mol. The van der Waals surface area contributed by atoms with Crippen LogP contribution in [0.2, 0.25) is 0 Å². The molecule has 2 aromatic rings. The van der Waals surface area contributed by atoms with E-state index >= 15 is 0 Å². The number of para-hydroxylation sites is 1. The van der Waals surface area contributed by atoms with E-state index in [2.05, 4.69) is 20.6 Å². The fraction of sp³-hybridized carbons (Fsp3) is 0.214. The van der Waals surface area contributed by atoms with Gasteiger partial charge in [0.2, 0.25) is 0 Å². The van der Waals surface area contributed by atoms with E-state index in [4.69, 9.17) is 0 Å². The molecule has 0 fully saturated rings. The maximum Gasteiger partial charge on any atom is 0.271 e. The first-order valence-corrected chi connectivity index (χ1v) is 6.20. The van der Waals surface area contributed by atoms with Gasteiger partial charge in [-0.1, -0.05) is 12.1 Å². The Labute approximate surface area is 116 Å². The number of nitrogens with one attached hydrogen (secondary N) is 2. The van der Waals surface area contributed by atoms with Crippen molar-refractivity contribution in [3.63, 3.8) is 0 Å². The third kappa shape index (κ3) is 3.50. The second kappa shape index (κ2) is 6.10. The van der Waals surface area contributed by atoms with E-state index in [1.165, 1.54) is 18.5 Å². The molecule has 0 bridgehead atoms. The van der Waals surface area contributed by atoms with Crippen molar-refractivity contribution in [1.82, 2.24) is 15.3 Å². The summed E-state index contributed by atoms with van der Waals surface area (Å²) in [7, 11) is 0.